The van der Waals surface area contributed by atoms with Gasteiger partial charge in [0.1, 0.15) is 5.54 Å². The summed E-state index contributed by atoms with van der Waals surface area (Å²) in [7, 11) is 0. The lowest BCUT2D eigenvalue weighted by atomic mass is 9.95. The Morgan fingerprint density at radius 3 is 2.67 bits per heavy atom. The van der Waals surface area contributed by atoms with Crippen LogP contribution in [0.1, 0.15) is 66.2 Å². The van der Waals surface area contributed by atoms with E-state index in [9.17, 15) is 4.79 Å². The van der Waals surface area contributed by atoms with Gasteiger partial charge in [-0.05, 0) is 72.4 Å². The highest BCUT2D eigenvalue weighted by atomic mass is 16.5. The second kappa shape index (κ2) is 6.66. The average Bonchev–Trinajstić information content (AvgIpc) is 3.00. The van der Waals surface area contributed by atoms with E-state index in [4.69, 9.17) is 4.74 Å². The SMILES string of the molecule is CCCNC1(C(=O)OCC)CCC(N2CCCC2(C)C)C1. The number of nitrogens with one attached hydrogen (secondary N) is 1. The number of esters is 1. The van der Waals surface area contributed by atoms with Gasteiger partial charge in [-0.1, -0.05) is 6.92 Å². The molecule has 2 rings (SSSR count). The maximum absolute atomic E-state index is 12.5. The van der Waals surface area contributed by atoms with Crippen molar-refractivity contribution < 1.29 is 9.53 Å². The number of ether oxygens (including phenoxy) is 1. The molecule has 2 unspecified atom stereocenters. The molecule has 21 heavy (non-hydrogen) atoms. The summed E-state index contributed by atoms with van der Waals surface area (Å²) in [5.41, 5.74) is -0.171. The fourth-order valence-corrected chi connectivity index (χ4v) is 4.14. The maximum atomic E-state index is 12.5. The molecule has 1 aliphatic carbocycles. The number of hydrogen-bond donors (Lipinski definition) is 1. The van der Waals surface area contributed by atoms with E-state index < -0.39 is 5.54 Å². The summed E-state index contributed by atoms with van der Waals surface area (Å²) >= 11 is 0. The van der Waals surface area contributed by atoms with Crippen molar-refractivity contribution in [3.05, 3.63) is 0 Å². The summed E-state index contributed by atoms with van der Waals surface area (Å²) in [6, 6.07) is 0.510. The molecule has 2 fully saturated rings. The summed E-state index contributed by atoms with van der Waals surface area (Å²) < 4.78 is 5.37. The second-order valence-electron chi connectivity index (χ2n) is 7.24. The zero-order valence-electron chi connectivity index (χ0n) is 14.2. The van der Waals surface area contributed by atoms with Crippen LogP contribution in [0.25, 0.3) is 0 Å². The van der Waals surface area contributed by atoms with Gasteiger partial charge in [-0.15, -0.1) is 0 Å². The summed E-state index contributed by atoms with van der Waals surface area (Å²) in [6.07, 6.45) is 6.48. The monoisotopic (exact) mass is 296 g/mol. The number of hydrogen-bond acceptors (Lipinski definition) is 4. The fourth-order valence-electron chi connectivity index (χ4n) is 4.14. The van der Waals surface area contributed by atoms with E-state index in [0.29, 0.717) is 12.6 Å². The van der Waals surface area contributed by atoms with E-state index in [-0.39, 0.29) is 11.5 Å². The van der Waals surface area contributed by atoms with Gasteiger partial charge in [-0.3, -0.25) is 9.69 Å². The Balaban J connectivity index is 2.08. The van der Waals surface area contributed by atoms with E-state index in [1.54, 1.807) is 0 Å². The fraction of sp³-hybridized carbons (Fsp3) is 0.941. The van der Waals surface area contributed by atoms with E-state index in [1.165, 1.54) is 19.4 Å². The lowest BCUT2D eigenvalue weighted by Gasteiger charge is -2.37. The Morgan fingerprint density at radius 1 is 1.33 bits per heavy atom. The van der Waals surface area contributed by atoms with Gasteiger partial charge in [0, 0.05) is 11.6 Å². The van der Waals surface area contributed by atoms with Crippen LogP contribution in [0.15, 0.2) is 0 Å². The standard InChI is InChI=1S/C17H32N2O2/c1-5-11-18-17(15(20)21-6-2)10-8-14(13-17)19-12-7-9-16(19,3)4/h14,18H,5-13H2,1-4H3. The molecule has 0 amide bonds. The molecule has 1 saturated carbocycles. The summed E-state index contributed by atoms with van der Waals surface area (Å²) in [5.74, 6) is -0.0436. The van der Waals surface area contributed by atoms with Crippen molar-refractivity contribution in [2.24, 2.45) is 0 Å². The molecule has 1 heterocycles. The first kappa shape index (κ1) is 16.8. The van der Waals surface area contributed by atoms with Crippen molar-refractivity contribution in [2.45, 2.75) is 83.3 Å². The van der Waals surface area contributed by atoms with E-state index in [0.717, 1.165) is 32.2 Å². The first-order valence-corrected chi connectivity index (χ1v) is 8.64. The van der Waals surface area contributed by atoms with Crippen molar-refractivity contribution in [1.82, 2.24) is 10.2 Å². The zero-order chi connectivity index (χ0) is 15.5. The van der Waals surface area contributed by atoms with E-state index >= 15 is 0 Å². The maximum Gasteiger partial charge on any atom is 0.326 e. The third-order valence-electron chi connectivity index (χ3n) is 5.27. The van der Waals surface area contributed by atoms with Crippen molar-refractivity contribution in [3.63, 3.8) is 0 Å². The van der Waals surface area contributed by atoms with Crippen LogP contribution in [-0.2, 0) is 9.53 Å². The number of rotatable bonds is 6. The molecule has 1 aliphatic heterocycles. The molecule has 0 radical (unpaired) electrons. The van der Waals surface area contributed by atoms with Crippen LogP contribution in [0.3, 0.4) is 0 Å². The van der Waals surface area contributed by atoms with Crippen molar-refractivity contribution in [3.8, 4) is 0 Å². The predicted molar refractivity (Wildman–Crippen MR) is 85.3 cm³/mol. The second-order valence-corrected chi connectivity index (χ2v) is 7.24. The topological polar surface area (TPSA) is 41.6 Å². The highest BCUT2D eigenvalue weighted by Crippen LogP contribution is 2.40. The van der Waals surface area contributed by atoms with Crippen LogP contribution in [-0.4, -0.2) is 47.7 Å². The molecular formula is C17H32N2O2. The molecular weight excluding hydrogens is 264 g/mol. The van der Waals surface area contributed by atoms with Gasteiger partial charge in [0.15, 0.2) is 0 Å². The molecule has 4 nitrogen and oxygen atoms in total. The minimum absolute atomic E-state index is 0.0436. The van der Waals surface area contributed by atoms with Crippen LogP contribution in [0.5, 0.6) is 0 Å². The minimum Gasteiger partial charge on any atom is -0.465 e. The molecule has 1 N–H and O–H groups in total. The Hall–Kier alpha value is -0.610. The minimum atomic E-state index is -0.449. The molecule has 2 atom stereocenters. The number of nitrogens with zero attached hydrogens (tertiary/aromatic N) is 1. The van der Waals surface area contributed by atoms with Gasteiger partial charge in [0.2, 0.25) is 0 Å². The van der Waals surface area contributed by atoms with Crippen molar-refractivity contribution >= 4 is 5.97 Å². The normalized spacial score (nSPS) is 32.5. The number of likely N-dealkylation sites (tertiary alicyclic amines) is 1. The smallest absolute Gasteiger partial charge is 0.326 e. The Bertz CT molecular complexity index is 370. The molecule has 0 aromatic heterocycles. The largest absolute Gasteiger partial charge is 0.465 e. The lowest BCUT2D eigenvalue weighted by molar-refractivity contribution is -0.151. The van der Waals surface area contributed by atoms with Crippen molar-refractivity contribution in [1.29, 1.82) is 0 Å². The zero-order valence-corrected chi connectivity index (χ0v) is 14.2. The first-order chi connectivity index (χ1) is 9.95. The Kier molecular flexibility index (Phi) is 5.31. The lowest BCUT2D eigenvalue weighted by Crippen LogP contribution is -2.53. The first-order valence-electron chi connectivity index (χ1n) is 8.64. The third-order valence-corrected chi connectivity index (χ3v) is 5.27. The van der Waals surface area contributed by atoms with E-state index in [2.05, 4.69) is 31.0 Å². The summed E-state index contributed by atoms with van der Waals surface area (Å²) in [4.78, 5) is 15.1. The molecule has 0 aromatic carbocycles. The van der Waals surface area contributed by atoms with Crippen LogP contribution in [0, 0.1) is 0 Å². The van der Waals surface area contributed by atoms with Crippen LogP contribution >= 0.6 is 0 Å². The summed E-state index contributed by atoms with van der Waals surface area (Å²) in [5, 5.41) is 3.51. The average molecular weight is 296 g/mol. The van der Waals surface area contributed by atoms with Crippen molar-refractivity contribution in [2.75, 3.05) is 19.7 Å². The van der Waals surface area contributed by atoms with Crippen LogP contribution in [0.4, 0.5) is 0 Å². The quantitative estimate of drug-likeness (QED) is 0.765. The number of carbonyl (C=O) groups is 1. The molecule has 0 aromatic rings. The molecule has 4 heteroatoms. The number of carbonyl (C=O) groups excluding carboxylic acids is 1. The molecule has 0 spiro atoms. The Labute approximate surface area is 129 Å². The van der Waals surface area contributed by atoms with Gasteiger partial charge in [-0.25, -0.2) is 0 Å². The molecule has 2 aliphatic rings. The predicted octanol–water partition coefficient (Wildman–Crippen LogP) is 2.71. The molecule has 122 valence electrons. The van der Waals surface area contributed by atoms with Gasteiger partial charge in [-0.2, -0.15) is 0 Å². The summed E-state index contributed by atoms with van der Waals surface area (Å²) in [6.45, 7) is 11.2. The van der Waals surface area contributed by atoms with Crippen LogP contribution < -0.4 is 5.32 Å². The Morgan fingerprint density at radius 2 is 2.10 bits per heavy atom. The molecule has 0 bridgehead atoms. The van der Waals surface area contributed by atoms with Gasteiger partial charge in [0.05, 0.1) is 6.61 Å². The van der Waals surface area contributed by atoms with Gasteiger partial charge >= 0.3 is 5.97 Å². The van der Waals surface area contributed by atoms with E-state index in [1.807, 2.05) is 6.92 Å². The van der Waals surface area contributed by atoms with Gasteiger partial charge in [0.25, 0.3) is 0 Å². The third kappa shape index (κ3) is 3.42. The van der Waals surface area contributed by atoms with Crippen LogP contribution in [0.2, 0.25) is 0 Å². The van der Waals surface area contributed by atoms with Gasteiger partial charge < -0.3 is 10.1 Å². The molecule has 1 saturated heterocycles. The highest BCUT2D eigenvalue weighted by Gasteiger charge is 2.50. The highest BCUT2D eigenvalue weighted by molar-refractivity contribution is 5.81.